The summed E-state index contributed by atoms with van der Waals surface area (Å²) in [5.74, 6) is 2.44. The fraction of sp³-hybridized carbons (Fsp3) is 0.833. The third kappa shape index (κ3) is 2.80. The highest BCUT2D eigenvalue weighted by atomic mass is 16.6. The van der Waals surface area contributed by atoms with Crippen molar-refractivity contribution in [1.29, 1.82) is 0 Å². The Bertz CT molecular complexity index is 372. The van der Waals surface area contributed by atoms with Gasteiger partial charge in [0.05, 0.1) is 0 Å². The van der Waals surface area contributed by atoms with Crippen LogP contribution in [0, 0.1) is 17.8 Å². The summed E-state index contributed by atoms with van der Waals surface area (Å²) in [4.78, 5) is 12.3. The van der Waals surface area contributed by atoms with Gasteiger partial charge in [0.25, 0.3) is 0 Å². The predicted octanol–water partition coefficient (Wildman–Crippen LogP) is 4.63. The molecule has 4 saturated carbocycles. The van der Waals surface area contributed by atoms with Crippen molar-refractivity contribution in [3.05, 3.63) is 11.6 Å². The molecule has 0 N–H and O–H groups in total. The topological polar surface area (TPSA) is 26.3 Å². The molecule has 4 aliphatic rings. The lowest BCUT2D eigenvalue weighted by atomic mass is 9.54. The molecule has 0 aromatic rings. The first-order valence-corrected chi connectivity index (χ1v) is 8.50. The van der Waals surface area contributed by atoms with E-state index in [9.17, 15) is 4.79 Å². The minimum Gasteiger partial charge on any atom is -0.456 e. The van der Waals surface area contributed by atoms with Gasteiger partial charge in [0.2, 0.25) is 0 Å². The normalized spacial score (nSPS) is 39.1. The van der Waals surface area contributed by atoms with Gasteiger partial charge in [-0.25, -0.2) is 4.79 Å². The van der Waals surface area contributed by atoms with Gasteiger partial charge in [-0.05, 0) is 69.6 Å². The molecule has 4 aliphatic carbocycles. The summed E-state index contributed by atoms with van der Waals surface area (Å²) in [5.41, 5.74) is 0.722. The van der Waals surface area contributed by atoms with E-state index in [-0.39, 0.29) is 11.6 Å². The van der Waals surface area contributed by atoms with Gasteiger partial charge < -0.3 is 4.74 Å². The Morgan fingerprint density at radius 3 is 2.20 bits per heavy atom. The number of hydrogen-bond acceptors (Lipinski definition) is 2. The van der Waals surface area contributed by atoms with E-state index < -0.39 is 0 Å². The highest BCUT2D eigenvalue weighted by molar-refractivity contribution is 5.88. The molecule has 4 fully saturated rings. The van der Waals surface area contributed by atoms with Crippen molar-refractivity contribution >= 4 is 5.97 Å². The molecule has 0 unspecified atom stereocenters. The van der Waals surface area contributed by atoms with E-state index in [2.05, 4.69) is 13.0 Å². The number of rotatable bonds is 5. The first-order valence-electron chi connectivity index (χ1n) is 8.50. The molecule has 0 radical (unpaired) electrons. The van der Waals surface area contributed by atoms with E-state index in [1.54, 1.807) is 0 Å². The Morgan fingerprint density at radius 2 is 1.70 bits per heavy atom. The average Bonchev–Trinajstić information content (AvgIpc) is 2.36. The summed E-state index contributed by atoms with van der Waals surface area (Å²) in [6.07, 6.45) is 13.0. The Balaban J connectivity index is 1.62. The van der Waals surface area contributed by atoms with Gasteiger partial charge in [-0.3, -0.25) is 0 Å². The van der Waals surface area contributed by atoms with Gasteiger partial charge in [-0.15, -0.1) is 0 Å². The van der Waals surface area contributed by atoms with Crippen molar-refractivity contribution in [1.82, 2.24) is 0 Å². The third-order valence-electron chi connectivity index (χ3n) is 5.62. The van der Waals surface area contributed by atoms with Crippen LogP contribution in [0.3, 0.4) is 0 Å². The number of carbonyl (C=O) groups excluding carboxylic acids is 1. The van der Waals surface area contributed by atoms with Crippen LogP contribution in [0.25, 0.3) is 0 Å². The highest BCUT2D eigenvalue weighted by Crippen LogP contribution is 2.57. The van der Waals surface area contributed by atoms with Gasteiger partial charge in [0, 0.05) is 5.57 Å². The van der Waals surface area contributed by atoms with Crippen LogP contribution >= 0.6 is 0 Å². The summed E-state index contributed by atoms with van der Waals surface area (Å²) < 4.78 is 6.04. The van der Waals surface area contributed by atoms with Crippen molar-refractivity contribution in [3.8, 4) is 0 Å². The fourth-order valence-corrected chi connectivity index (χ4v) is 5.04. The van der Waals surface area contributed by atoms with Crippen LogP contribution in [-0.4, -0.2) is 11.6 Å². The molecular weight excluding hydrogens is 248 g/mol. The SMILES string of the molecule is CCCCC=C(C)C(=O)OC12CC3CC(CC(C3)C1)C2. The molecule has 0 saturated heterocycles. The van der Waals surface area contributed by atoms with E-state index in [1.807, 2.05) is 6.92 Å². The summed E-state index contributed by atoms with van der Waals surface area (Å²) in [7, 11) is 0. The zero-order chi connectivity index (χ0) is 14.2. The predicted molar refractivity (Wildman–Crippen MR) is 80.3 cm³/mol. The molecule has 4 bridgehead atoms. The molecule has 4 rings (SSSR count). The minimum absolute atomic E-state index is 0.0527. The molecule has 0 spiro atoms. The van der Waals surface area contributed by atoms with E-state index in [4.69, 9.17) is 4.74 Å². The van der Waals surface area contributed by atoms with Crippen LogP contribution in [0.4, 0.5) is 0 Å². The highest BCUT2D eigenvalue weighted by Gasteiger charge is 2.53. The van der Waals surface area contributed by atoms with Gasteiger partial charge in [0.1, 0.15) is 5.60 Å². The van der Waals surface area contributed by atoms with E-state index in [0.29, 0.717) is 0 Å². The summed E-state index contributed by atoms with van der Waals surface area (Å²) in [6, 6.07) is 0. The molecule has 20 heavy (non-hydrogen) atoms. The third-order valence-corrected chi connectivity index (χ3v) is 5.62. The Kier molecular flexibility index (Phi) is 3.92. The van der Waals surface area contributed by atoms with Crippen LogP contribution in [0.15, 0.2) is 11.6 Å². The second-order valence-corrected chi connectivity index (χ2v) is 7.52. The molecule has 112 valence electrons. The van der Waals surface area contributed by atoms with Gasteiger partial charge in [0.15, 0.2) is 0 Å². The van der Waals surface area contributed by atoms with Crippen molar-refractivity contribution in [2.24, 2.45) is 17.8 Å². The quantitative estimate of drug-likeness (QED) is 0.415. The maximum atomic E-state index is 12.3. The lowest BCUT2D eigenvalue weighted by Gasteiger charge is -2.55. The number of esters is 1. The number of allylic oxidation sites excluding steroid dienone is 1. The van der Waals surface area contributed by atoms with Crippen molar-refractivity contribution in [2.45, 2.75) is 77.2 Å². The Hall–Kier alpha value is -0.790. The second-order valence-electron chi connectivity index (χ2n) is 7.52. The lowest BCUT2D eigenvalue weighted by molar-refractivity contribution is -0.182. The monoisotopic (exact) mass is 276 g/mol. The smallest absolute Gasteiger partial charge is 0.333 e. The minimum atomic E-state index is -0.0916. The molecule has 2 heteroatoms. The molecule has 0 aromatic carbocycles. The molecule has 0 heterocycles. The molecule has 0 aliphatic heterocycles. The van der Waals surface area contributed by atoms with E-state index >= 15 is 0 Å². The maximum Gasteiger partial charge on any atom is 0.333 e. The Labute approximate surface area is 123 Å². The largest absolute Gasteiger partial charge is 0.456 e. The molecule has 2 nitrogen and oxygen atoms in total. The van der Waals surface area contributed by atoms with E-state index in [0.717, 1.165) is 55.4 Å². The Morgan fingerprint density at radius 1 is 1.15 bits per heavy atom. The van der Waals surface area contributed by atoms with Crippen LogP contribution in [0.1, 0.15) is 71.6 Å². The molecule has 0 atom stereocenters. The number of ether oxygens (including phenoxy) is 1. The van der Waals surface area contributed by atoms with Crippen LogP contribution in [-0.2, 0) is 9.53 Å². The standard InChI is InChI=1S/C18H28O2/c1-3-4-5-6-13(2)17(19)20-18-10-14-7-15(11-18)9-16(8-14)12-18/h6,14-16H,3-5,7-12H2,1-2H3. The van der Waals surface area contributed by atoms with Crippen molar-refractivity contribution in [3.63, 3.8) is 0 Å². The van der Waals surface area contributed by atoms with Gasteiger partial charge >= 0.3 is 5.97 Å². The van der Waals surface area contributed by atoms with Gasteiger partial charge in [-0.2, -0.15) is 0 Å². The maximum absolute atomic E-state index is 12.3. The van der Waals surface area contributed by atoms with Gasteiger partial charge in [-0.1, -0.05) is 25.8 Å². The van der Waals surface area contributed by atoms with Crippen LogP contribution in [0.2, 0.25) is 0 Å². The van der Waals surface area contributed by atoms with E-state index in [1.165, 1.54) is 25.7 Å². The van der Waals surface area contributed by atoms with Crippen molar-refractivity contribution < 1.29 is 9.53 Å². The zero-order valence-electron chi connectivity index (χ0n) is 13.0. The fourth-order valence-electron chi connectivity index (χ4n) is 5.04. The summed E-state index contributed by atoms with van der Waals surface area (Å²) in [5, 5.41) is 0. The number of hydrogen-bond donors (Lipinski definition) is 0. The van der Waals surface area contributed by atoms with Crippen LogP contribution in [0.5, 0.6) is 0 Å². The lowest BCUT2D eigenvalue weighted by Crippen LogP contribution is -2.52. The summed E-state index contributed by atoms with van der Waals surface area (Å²) in [6.45, 7) is 4.09. The first-order chi connectivity index (χ1) is 9.60. The first kappa shape index (κ1) is 14.2. The molecular formula is C18H28O2. The summed E-state index contributed by atoms with van der Waals surface area (Å²) >= 11 is 0. The number of unbranched alkanes of at least 4 members (excludes halogenated alkanes) is 2. The average molecular weight is 276 g/mol. The number of carbonyl (C=O) groups is 1. The van der Waals surface area contributed by atoms with Crippen LogP contribution < -0.4 is 0 Å². The van der Waals surface area contributed by atoms with Crippen molar-refractivity contribution in [2.75, 3.05) is 0 Å². The molecule has 0 aromatic heterocycles. The second kappa shape index (κ2) is 5.54. The molecule has 0 amide bonds. The zero-order valence-corrected chi connectivity index (χ0v) is 13.0.